The van der Waals surface area contributed by atoms with Gasteiger partial charge in [-0.25, -0.2) is 0 Å². The van der Waals surface area contributed by atoms with Crippen molar-refractivity contribution in [2.45, 2.75) is 33.1 Å². The lowest BCUT2D eigenvalue weighted by molar-refractivity contribution is -0.134. The molecule has 21 heavy (non-hydrogen) atoms. The molecule has 1 unspecified atom stereocenters. The standard InChI is InChI=1S/C15H19NO5/c1-5-12(15(19)16-4)11-6-7-13(20-9(2)17)14(8-11)21-10(3)18/h6-8,12H,5H2,1-4H3,(H,16,19). The smallest absolute Gasteiger partial charge is 0.308 e. The van der Waals surface area contributed by atoms with E-state index in [1.54, 1.807) is 19.2 Å². The molecule has 0 bridgehead atoms. The summed E-state index contributed by atoms with van der Waals surface area (Å²) in [6.07, 6.45) is 0.589. The average Bonchev–Trinajstić information content (AvgIpc) is 2.41. The lowest BCUT2D eigenvalue weighted by Crippen LogP contribution is -2.25. The molecule has 1 aromatic rings. The molecule has 0 saturated carbocycles. The van der Waals surface area contributed by atoms with Crippen LogP contribution < -0.4 is 14.8 Å². The summed E-state index contributed by atoms with van der Waals surface area (Å²) in [6.45, 7) is 4.39. The van der Waals surface area contributed by atoms with Crippen LogP contribution in [0.5, 0.6) is 11.5 Å². The molecule has 6 heteroatoms. The fraction of sp³-hybridized carbons (Fsp3) is 0.400. The van der Waals surface area contributed by atoms with Gasteiger partial charge in [-0.2, -0.15) is 0 Å². The lowest BCUT2D eigenvalue weighted by Gasteiger charge is -2.16. The Hall–Kier alpha value is -2.37. The van der Waals surface area contributed by atoms with E-state index in [4.69, 9.17) is 9.47 Å². The first-order chi connectivity index (χ1) is 9.88. The van der Waals surface area contributed by atoms with Crippen molar-refractivity contribution >= 4 is 17.8 Å². The molecule has 1 N–H and O–H groups in total. The van der Waals surface area contributed by atoms with E-state index in [0.717, 1.165) is 0 Å². The molecule has 1 aromatic carbocycles. The Morgan fingerprint density at radius 1 is 1.10 bits per heavy atom. The predicted molar refractivity (Wildman–Crippen MR) is 76.2 cm³/mol. The Morgan fingerprint density at radius 3 is 2.14 bits per heavy atom. The largest absolute Gasteiger partial charge is 0.423 e. The van der Waals surface area contributed by atoms with E-state index in [-0.39, 0.29) is 23.3 Å². The van der Waals surface area contributed by atoms with Gasteiger partial charge in [-0.05, 0) is 24.1 Å². The lowest BCUT2D eigenvalue weighted by atomic mass is 9.95. The van der Waals surface area contributed by atoms with Crippen molar-refractivity contribution in [1.29, 1.82) is 0 Å². The maximum Gasteiger partial charge on any atom is 0.308 e. The summed E-state index contributed by atoms with van der Waals surface area (Å²) in [5, 5.41) is 2.59. The first kappa shape index (κ1) is 16.7. The molecular weight excluding hydrogens is 274 g/mol. The molecule has 6 nitrogen and oxygen atoms in total. The highest BCUT2D eigenvalue weighted by Gasteiger charge is 2.20. The molecule has 0 aliphatic carbocycles. The average molecular weight is 293 g/mol. The number of ether oxygens (including phenoxy) is 2. The third-order valence-electron chi connectivity index (χ3n) is 2.85. The first-order valence-corrected chi connectivity index (χ1v) is 6.61. The summed E-state index contributed by atoms with van der Waals surface area (Å²) in [5.41, 5.74) is 0.684. The van der Waals surface area contributed by atoms with Crippen molar-refractivity contribution in [2.75, 3.05) is 7.05 Å². The predicted octanol–water partition coefficient (Wildman–Crippen LogP) is 1.78. The first-order valence-electron chi connectivity index (χ1n) is 6.61. The fourth-order valence-corrected chi connectivity index (χ4v) is 1.96. The molecule has 0 saturated heterocycles. The molecule has 0 aromatic heterocycles. The van der Waals surface area contributed by atoms with Crippen LogP contribution in [0.15, 0.2) is 18.2 Å². The van der Waals surface area contributed by atoms with Crippen LogP contribution in [-0.4, -0.2) is 24.9 Å². The Kier molecular flexibility index (Phi) is 5.90. The minimum absolute atomic E-state index is 0.123. The van der Waals surface area contributed by atoms with E-state index in [9.17, 15) is 14.4 Å². The molecule has 0 heterocycles. The number of amides is 1. The molecule has 0 spiro atoms. The highest BCUT2D eigenvalue weighted by molar-refractivity contribution is 5.83. The summed E-state index contributed by atoms with van der Waals surface area (Å²) in [7, 11) is 1.56. The number of rotatable bonds is 5. The molecule has 0 fully saturated rings. The summed E-state index contributed by atoms with van der Waals surface area (Å²) in [4.78, 5) is 34.0. The fourth-order valence-electron chi connectivity index (χ4n) is 1.96. The van der Waals surface area contributed by atoms with E-state index in [1.165, 1.54) is 19.9 Å². The van der Waals surface area contributed by atoms with Crippen molar-refractivity contribution < 1.29 is 23.9 Å². The topological polar surface area (TPSA) is 81.7 Å². The second-order valence-corrected chi connectivity index (χ2v) is 4.47. The number of carbonyl (C=O) groups is 3. The van der Waals surface area contributed by atoms with Crippen LogP contribution in [0.4, 0.5) is 0 Å². The number of likely N-dealkylation sites (N-methyl/N-ethyl adjacent to an activating group) is 1. The zero-order valence-electron chi connectivity index (χ0n) is 12.6. The molecule has 0 aliphatic heterocycles. The number of carbonyl (C=O) groups excluding carboxylic acids is 3. The van der Waals surface area contributed by atoms with Gasteiger partial charge in [0.1, 0.15) is 0 Å². The van der Waals surface area contributed by atoms with E-state index in [1.807, 2.05) is 6.92 Å². The van der Waals surface area contributed by atoms with Gasteiger partial charge in [-0.3, -0.25) is 14.4 Å². The van der Waals surface area contributed by atoms with Crippen LogP contribution in [0.3, 0.4) is 0 Å². The molecule has 1 atom stereocenters. The van der Waals surface area contributed by atoms with E-state index < -0.39 is 11.9 Å². The third kappa shape index (κ3) is 4.59. The number of hydrogen-bond acceptors (Lipinski definition) is 5. The van der Waals surface area contributed by atoms with Crippen LogP contribution in [-0.2, 0) is 14.4 Å². The maximum atomic E-state index is 11.8. The number of benzene rings is 1. The quantitative estimate of drug-likeness (QED) is 0.661. The summed E-state index contributed by atoms with van der Waals surface area (Å²) in [6, 6.07) is 4.73. The van der Waals surface area contributed by atoms with Gasteiger partial charge in [0.05, 0.1) is 5.92 Å². The monoisotopic (exact) mass is 293 g/mol. The normalized spacial score (nSPS) is 11.4. The third-order valence-corrected chi connectivity index (χ3v) is 2.85. The van der Waals surface area contributed by atoms with Crippen molar-refractivity contribution in [3.63, 3.8) is 0 Å². The van der Waals surface area contributed by atoms with Gasteiger partial charge in [-0.1, -0.05) is 13.0 Å². The van der Waals surface area contributed by atoms with Crippen LogP contribution in [0.25, 0.3) is 0 Å². The van der Waals surface area contributed by atoms with Crippen molar-refractivity contribution in [3.05, 3.63) is 23.8 Å². The van der Waals surface area contributed by atoms with E-state index >= 15 is 0 Å². The van der Waals surface area contributed by atoms with E-state index in [0.29, 0.717) is 12.0 Å². The Balaban J connectivity index is 3.21. The van der Waals surface area contributed by atoms with Crippen molar-refractivity contribution in [3.8, 4) is 11.5 Å². The summed E-state index contributed by atoms with van der Waals surface area (Å²) >= 11 is 0. The molecule has 0 radical (unpaired) electrons. The molecule has 1 amide bonds. The summed E-state index contributed by atoms with van der Waals surface area (Å²) in [5.74, 6) is -1.28. The van der Waals surface area contributed by atoms with Crippen LogP contribution in [0.1, 0.15) is 38.7 Å². The highest BCUT2D eigenvalue weighted by Crippen LogP contribution is 2.32. The van der Waals surface area contributed by atoms with Gasteiger partial charge in [0.15, 0.2) is 11.5 Å². The van der Waals surface area contributed by atoms with Crippen LogP contribution >= 0.6 is 0 Å². The van der Waals surface area contributed by atoms with Gasteiger partial charge in [0, 0.05) is 20.9 Å². The second kappa shape index (κ2) is 7.42. The van der Waals surface area contributed by atoms with Gasteiger partial charge in [0.2, 0.25) is 5.91 Å². The molecular formula is C15H19NO5. The van der Waals surface area contributed by atoms with Gasteiger partial charge >= 0.3 is 11.9 Å². The highest BCUT2D eigenvalue weighted by atomic mass is 16.6. The molecule has 114 valence electrons. The van der Waals surface area contributed by atoms with Crippen molar-refractivity contribution in [1.82, 2.24) is 5.32 Å². The van der Waals surface area contributed by atoms with Gasteiger partial charge < -0.3 is 14.8 Å². The Labute approximate surface area is 123 Å². The van der Waals surface area contributed by atoms with Crippen LogP contribution in [0.2, 0.25) is 0 Å². The Bertz CT molecular complexity index is 553. The maximum absolute atomic E-state index is 11.8. The zero-order chi connectivity index (χ0) is 16.0. The molecule has 1 rings (SSSR count). The van der Waals surface area contributed by atoms with Crippen LogP contribution in [0, 0.1) is 0 Å². The SMILES string of the molecule is CCC(C(=O)NC)c1ccc(OC(C)=O)c(OC(C)=O)c1. The Morgan fingerprint density at radius 2 is 1.67 bits per heavy atom. The number of nitrogens with one attached hydrogen (secondary N) is 1. The van der Waals surface area contributed by atoms with Gasteiger partial charge in [-0.15, -0.1) is 0 Å². The number of hydrogen-bond donors (Lipinski definition) is 1. The second-order valence-electron chi connectivity index (χ2n) is 4.47. The molecule has 0 aliphatic rings. The zero-order valence-corrected chi connectivity index (χ0v) is 12.6. The minimum atomic E-state index is -0.534. The van der Waals surface area contributed by atoms with Gasteiger partial charge in [0.25, 0.3) is 0 Å². The van der Waals surface area contributed by atoms with Crippen molar-refractivity contribution in [2.24, 2.45) is 0 Å². The minimum Gasteiger partial charge on any atom is -0.423 e. The summed E-state index contributed by atoms with van der Waals surface area (Å²) < 4.78 is 10.0. The number of esters is 2. The van der Waals surface area contributed by atoms with E-state index in [2.05, 4.69) is 5.32 Å².